The Kier molecular flexibility index (Phi) is 8.24. The van der Waals surface area contributed by atoms with Gasteiger partial charge in [-0.15, -0.1) is 0 Å². The zero-order valence-corrected chi connectivity index (χ0v) is 18.2. The Morgan fingerprint density at radius 3 is 2.50 bits per heavy atom. The molecule has 0 aliphatic carbocycles. The van der Waals surface area contributed by atoms with Crippen molar-refractivity contribution in [1.29, 1.82) is 0 Å². The van der Waals surface area contributed by atoms with Crippen molar-refractivity contribution >= 4 is 23.0 Å². The SMILES string of the molecule is COc1cc(CNCCNc2ccc([N+](=O)[O-])cc2)ccc1OCc1ccc(F)cc1Cl. The molecule has 0 fully saturated rings. The molecule has 7 nitrogen and oxygen atoms in total. The van der Waals surface area contributed by atoms with Crippen molar-refractivity contribution in [3.8, 4) is 11.5 Å². The molecule has 0 amide bonds. The molecule has 3 aromatic carbocycles. The fraction of sp³-hybridized carbons (Fsp3) is 0.217. The second-order valence-electron chi connectivity index (χ2n) is 6.92. The van der Waals surface area contributed by atoms with Crippen LogP contribution in [0.2, 0.25) is 5.02 Å². The van der Waals surface area contributed by atoms with Gasteiger partial charge in [0.2, 0.25) is 0 Å². The highest BCUT2D eigenvalue weighted by Gasteiger charge is 2.09. The number of halogens is 2. The number of ether oxygens (including phenoxy) is 2. The first-order valence-electron chi connectivity index (χ1n) is 9.89. The summed E-state index contributed by atoms with van der Waals surface area (Å²) in [5.41, 5.74) is 2.59. The molecule has 0 radical (unpaired) electrons. The van der Waals surface area contributed by atoms with Gasteiger partial charge in [-0.3, -0.25) is 10.1 Å². The smallest absolute Gasteiger partial charge is 0.269 e. The molecule has 168 valence electrons. The number of hydrogen-bond donors (Lipinski definition) is 2. The van der Waals surface area contributed by atoms with Gasteiger partial charge < -0.3 is 20.1 Å². The first kappa shape index (κ1) is 23.3. The van der Waals surface area contributed by atoms with Crippen molar-refractivity contribution in [2.45, 2.75) is 13.2 Å². The second-order valence-corrected chi connectivity index (χ2v) is 7.32. The van der Waals surface area contributed by atoms with E-state index < -0.39 is 10.7 Å². The van der Waals surface area contributed by atoms with E-state index in [1.165, 1.54) is 24.3 Å². The lowest BCUT2D eigenvalue weighted by Crippen LogP contribution is -2.21. The highest BCUT2D eigenvalue weighted by molar-refractivity contribution is 6.31. The number of methoxy groups -OCH3 is 1. The van der Waals surface area contributed by atoms with Crippen LogP contribution in [0.15, 0.2) is 60.7 Å². The third kappa shape index (κ3) is 6.57. The average molecular weight is 460 g/mol. The van der Waals surface area contributed by atoms with Crippen LogP contribution in [-0.4, -0.2) is 25.1 Å². The topological polar surface area (TPSA) is 85.7 Å². The number of hydrogen-bond acceptors (Lipinski definition) is 6. The van der Waals surface area contributed by atoms with E-state index in [9.17, 15) is 14.5 Å². The van der Waals surface area contributed by atoms with Crippen LogP contribution in [0, 0.1) is 15.9 Å². The quantitative estimate of drug-likeness (QED) is 0.233. The summed E-state index contributed by atoms with van der Waals surface area (Å²) < 4.78 is 24.4. The largest absolute Gasteiger partial charge is 0.493 e. The van der Waals surface area contributed by atoms with Crippen LogP contribution in [-0.2, 0) is 13.2 Å². The number of anilines is 1. The summed E-state index contributed by atoms with van der Waals surface area (Å²) in [5.74, 6) is 0.763. The van der Waals surface area contributed by atoms with Gasteiger partial charge in [-0.25, -0.2) is 4.39 Å². The fourth-order valence-corrected chi connectivity index (χ4v) is 3.19. The third-order valence-electron chi connectivity index (χ3n) is 4.66. The number of non-ortho nitro benzene ring substituents is 1. The van der Waals surface area contributed by atoms with Crippen molar-refractivity contribution in [2.75, 3.05) is 25.5 Å². The highest BCUT2D eigenvalue weighted by Crippen LogP contribution is 2.29. The molecule has 32 heavy (non-hydrogen) atoms. The predicted molar refractivity (Wildman–Crippen MR) is 122 cm³/mol. The number of benzene rings is 3. The lowest BCUT2D eigenvalue weighted by Gasteiger charge is -2.13. The second kappa shape index (κ2) is 11.3. The summed E-state index contributed by atoms with van der Waals surface area (Å²) in [4.78, 5) is 10.3. The van der Waals surface area contributed by atoms with Crippen molar-refractivity contribution in [1.82, 2.24) is 5.32 Å². The van der Waals surface area contributed by atoms with Gasteiger partial charge in [0, 0.05) is 43.0 Å². The van der Waals surface area contributed by atoms with E-state index in [1.807, 2.05) is 18.2 Å². The van der Waals surface area contributed by atoms with Crippen molar-refractivity contribution in [2.24, 2.45) is 0 Å². The number of nitro groups is 1. The van der Waals surface area contributed by atoms with E-state index in [-0.39, 0.29) is 12.3 Å². The van der Waals surface area contributed by atoms with E-state index in [1.54, 1.807) is 25.3 Å². The van der Waals surface area contributed by atoms with Gasteiger partial charge >= 0.3 is 0 Å². The number of nitro benzene ring substituents is 1. The molecule has 3 rings (SSSR count). The zero-order chi connectivity index (χ0) is 22.9. The maximum Gasteiger partial charge on any atom is 0.269 e. The molecule has 0 saturated heterocycles. The third-order valence-corrected chi connectivity index (χ3v) is 5.02. The fourth-order valence-electron chi connectivity index (χ4n) is 2.96. The van der Waals surface area contributed by atoms with Gasteiger partial charge in [0.1, 0.15) is 12.4 Å². The Morgan fingerprint density at radius 1 is 1.03 bits per heavy atom. The lowest BCUT2D eigenvalue weighted by molar-refractivity contribution is -0.384. The van der Waals surface area contributed by atoms with Crippen LogP contribution in [0.1, 0.15) is 11.1 Å². The van der Waals surface area contributed by atoms with Crippen molar-refractivity contribution in [3.05, 3.63) is 92.7 Å². The molecule has 9 heteroatoms. The lowest BCUT2D eigenvalue weighted by atomic mass is 10.2. The number of nitrogens with one attached hydrogen (secondary N) is 2. The molecular weight excluding hydrogens is 437 g/mol. The Bertz CT molecular complexity index is 1060. The van der Waals surface area contributed by atoms with Crippen LogP contribution in [0.25, 0.3) is 0 Å². The van der Waals surface area contributed by atoms with E-state index in [2.05, 4.69) is 10.6 Å². The van der Waals surface area contributed by atoms with Crippen molar-refractivity contribution < 1.29 is 18.8 Å². The summed E-state index contributed by atoms with van der Waals surface area (Å²) >= 11 is 6.04. The summed E-state index contributed by atoms with van der Waals surface area (Å²) in [6.45, 7) is 2.18. The van der Waals surface area contributed by atoms with Crippen LogP contribution in [0.5, 0.6) is 11.5 Å². The Balaban J connectivity index is 1.46. The minimum Gasteiger partial charge on any atom is -0.493 e. The monoisotopic (exact) mass is 459 g/mol. The van der Waals surface area contributed by atoms with Crippen LogP contribution in [0.3, 0.4) is 0 Å². The Hall–Kier alpha value is -3.36. The molecule has 0 aliphatic heterocycles. The van der Waals surface area contributed by atoms with Crippen LogP contribution >= 0.6 is 11.6 Å². The average Bonchev–Trinajstić information content (AvgIpc) is 2.79. The number of nitrogens with zero attached hydrogens (tertiary/aromatic N) is 1. The molecule has 0 unspecified atom stereocenters. The number of rotatable bonds is 11. The predicted octanol–water partition coefficient (Wildman–Crippen LogP) is 5.18. The van der Waals surface area contributed by atoms with E-state index in [4.69, 9.17) is 21.1 Å². The highest BCUT2D eigenvalue weighted by atomic mass is 35.5. The first-order valence-corrected chi connectivity index (χ1v) is 10.3. The standard InChI is InChI=1S/C23H23ClFN3O4/c1-31-23-12-16(2-9-22(23)32-15-17-3-4-18(25)13-21(17)24)14-26-10-11-27-19-5-7-20(8-6-19)28(29)30/h2-9,12-13,26-27H,10-11,14-15H2,1H3. The molecule has 0 aromatic heterocycles. The van der Waals surface area contributed by atoms with Gasteiger partial charge in [0.05, 0.1) is 17.1 Å². The molecule has 0 saturated carbocycles. The van der Waals surface area contributed by atoms with Crippen LogP contribution in [0.4, 0.5) is 15.8 Å². The normalized spacial score (nSPS) is 10.6. The van der Waals surface area contributed by atoms with Gasteiger partial charge in [0.15, 0.2) is 11.5 Å². The molecule has 2 N–H and O–H groups in total. The molecule has 3 aromatic rings. The molecule has 0 heterocycles. The van der Waals surface area contributed by atoms with Crippen LogP contribution < -0.4 is 20.1 Å². The summed E-state index contributed by atoms with van der Waals surface area (Å²) in [7, 11) is 1.57. The summed E-state index contributed by atoms with van der Waals surface area (Å²) in [6.07, 6.45) is 0. The Labute approximate surface area is 190 Å². The molecular formula is C23H23ClFN3O4. The molecule has 0 spiro atoms. The zero-order valence-electron chi connectivity index (χ0n) is 17.4. The van der Waals surface area contributed by atoms with Gasteiger partial charge in [-0.05, 0) is 42.0 Å². The molecule has 0 aliphatic rings. The van der Waals surface area contributed by atoms with Gasteiger partial charge in [-0.1, -0.05) is 23.7 Å². The van der Waals surface area contributed by atoms with Gasteiger partial charge in [-0.2, -0.15) is 0 Å². The minimum atomic E-state index is -0.423. The Morgan fingerprint density at radius 2 is 1.81 bits per heavy atom. The minimum absolute atomic E-state index is 0.0656. The van der Waals surface area contributed by atoms with Gasteiger partial charge in [0.25, 0.3) is 5.69 Å². The summed E-state index contributed by atoms with van der Waals surface area (Å²) in [6, 6.07) is 16.1. The maximum atomic E-state index is 13.2. The maximum absolute atomic E-state index is 13.2. The summed E-state index contributed by atoms with van der Waals surface area (Å²) in [5, 5.41) is 17.5. The van der Waals surface area contributed by atoms with E-state index in [0.717, 1.165) is 11.3 Å². The van der Waals surface area contributed by atoms with E-state index in [0.29, 0.717) is 41.7 Å². The first-order chi connectivity index (χ1) is 15.5. The molecule has 0 bridgehead atoms. The van der Waals surface area contributed by atoms with E-state index >= 15 is 0 Å². The molecule has 0 atom stereocenters. The van der Waals surface area contributed by atoms with Crippen molar-refractivity contribution in [3.63, 3.8) is 0 Å².